The van der Waals surface area contributed by atoms with Gasteiger partial charge in [-0.15, -0.1) is 0 Å². The summed E-state index contributed by atoms with van der Waals surface area (Å²) in [6, 6.07) is 15.1. The molecule has 0 atom stereocenters. The van der Waals surface area contributed by atoms with Crippen LogP contribution in [0.1, 0.15) is 19.8 Å². The Morgan fingerprint density at radius 1 is 1.00 bits per heavy atom. The van der Waals surface area contributed by atoms with Gasteiger partial charge >= 0.3 is 0 Å². The van der Waals surface area contributed by atoms with Gasteiger partial charge in [-0.05, 0) is 40.6 Å². The number of fused-ring (bicyclic) bond motifs is 2. The highest BCUT2D eigenvalue weighted by molar-refractivity contribution is 6.35. The van der Waals surface area contributed by atoms with E-state index in [9.17, 15) is 14.7 Å². The van der Waals surface area contributed by atoms with E-state index in [4.69, 9.17) is 21.6 Å². The van der Waals surface area contributed by atoms with Gasteiger partial charge in [0.15, 0.2) is 0 Å². The van der Waals surface area contributed by atoms with E-state index in [2.05, 4.69) is 10.2 Å². The number of amides is 2. The van der Waals surface area contributed by atoms with Gasteiger partial charge in [0.1, 0.15) is 11.6 Å². The fourth-order valence-electron chi connectivity index (χ4n) is 5.07. The molecule has 1 aliphatic heterocycles. The van der Waals surface area contributed by atoms with Crippen molar-refractivity contribution in [2.75, 3.05) is 57.0 Å². The van der Waals surface area contributed by atoms with Crippen LogP contribution < -0.4 is 10.2 Å². The number of aromatic nitrogens is 2. The molecular formula is C30H33ClN6O3. The monoisotopic (exact) mass is 560 g/mol. The summed E-state index contributed by atoms with van der Waals surface area (Å²) >= 11 is 6.91. The van der Waals surface area contributed by atoms with Crippen molar-refractivity contribution < 1.29 is 14.7 Å². The molecule has 0 radical (unpaired) electrons. The number of nitrogens with zero attached hydrogens (tertiary/aromatic N) is 5. The zero-order valence-corrected chi connectivity index (χ0v) is 23.7. The lowest BCUT2D eigenvalue weighted by Crippen LogP contribution is -2.49. The summed E-state index contributed by atoms with van der Waals surface area (Å²) in [6.07, 6.45) is 0.793. The Kier molecular flexibility index (Phi) is 7.93. The number of nitrogens with one attached hydrogen (secondary N) is 1. The third-order valence-electron chi connectivity index (χ3n) is 7.26. The summed E-state index contributed by atoms with van der Waals surface area (Å²) in [5.74, 6) is 1.45. The summed E-state index contributed by atoms with van der Waals surface area (Å²) in [5.41, 5.74) is 2.24. The maximum atomic E-state index is 12.2. The molecular weight excluding hydrogens is 528 g/mol. The van der Waals surface area contributed by atoms with E-state index >= 15 is 0 Å². The molecule has 1 fully saturated rings. The van der Waals surface area contributed by atoms with Gasteiger partial charge in [-0.2, -0.15) is 4.98 Å². The summed E-state index contributed by atoms with van der Waals surface area (Å²) < 4.78 is 0. The summed E-state index contributed by atoms with van der Waals surface area (Å²) in [7, 11) is 3.46. The zero-order chi connectivity index (χ0) is 28.4. The van der Waals surface area contributed by atoms with Crippen molar-refractivity contribution >= 4 is 56.9 Å². The van der Waals surface area contributed by atoms with Crippen LogP contribution in [0.15, 0.2) is 48.5 Å². The van der Waals surface area contributed by atoms with Gasteiger partial charge in [0.2, 0.25) is 17.8 Å². The molecule has 0 saturated carbocycles. The van der Waals surface area contributed by atoms with Crippen molar-refractivity contribution in [1.82, 2.24) is 19.8 Å². The van der Waals surface area contributed by atoms with Crippen LogP contribution in [0, 0.1) is 0 Å². The van der Waals surface area contributed by atoms with E-state index in [1.165, 1.54) is 0 Å². The van der Waals surface area contributed by atoms with Crippen LogP contribution in [0.2, 0.25) is 5.02 Å². The molecule has 0 bridgehead atoms. The highest BCUT2D eigenvalue weighted by Gasteiger charge is 2.24. The van der Waals surface area contributed by atoms with Crippen molar-refractivity contribution in [2.45, 2.75) is 19.8 Å². The van der Waals surface area contributed by atoms with Crippen molar-refractivity contribution in [2.24, 2.45) is 0 Å². The van der Waals surface area contributed by atoms with E-state index in [1.54, 1.807) is 31.1 Å². The predicted octanol–water partition coefficient (Wildman–Crippen LogP) is 4.76. The molecule has 4 aromatic rings. The number of piperazine rings is 1. The topological polar surface area (TPSA) is 102 Å². The van der Waals surface area contributed by atoms with Gasteiger partial charge in [0.05, 0.1) is 5.52 Å². The fourth-order valence-corrected chi connectivity index (χ4v) is 5.34. The maximum absolute atomic E-state index is 12.2. The molecule has 1 aliphatic rings. The number of carbonyl (C=O) groups excluding carboxylic acids is 2. The molecule has 1 aromatic heterocycles. The molecule has 208 valence electrons. The third-order valence-corrected chi connectivity index (χ3v) is 7.57. The molecule has 0 spiro atoms. The van der Waals surface area contributed by atoms with Gasteiger partial charge in [-0.3, -0.25) is 9.59 Å². The van der Waals surface area contributed by atoms with Crippen molar-refractivity contribution in [3.63, 3.8) is 0 Å². The van der Waals surface area contributed by atoms with Gasteiger partial charge in [0, 0.05) is 75.6 Å². The zero-order valence-electron chi connectivity index (χ0n) is 22.9. The summed E-state index contributed by atoms with van der Waals surface area (Å²) in [5, 5.41) is 16.9. The lowest BCUT2D eigenvalue weighted by Gasteiger charge is -2.36. The van der Waals surface area contributed by atoms with Crippen LogP contribution in [0.4, 0.5) is 11.8 Å². The first-order valence-corrected chi connectivity index (χ1v) is 13.8. The number of anilines is 2. The second-order valence-corrected chi connectivity index (χ2v) is 10.5. The van der Waals surface area contributed by atoms with Crippen molar-refractivity contribution in [1.29, 1.82) is 0 Å². The van der Waals surface area contributed by atoms with Gasteiger partial charge in [0.25, 0.3) is 0 Å². The van der Waals surface area contributed by atoms with Crippen LogP contribution >= 0.6 is 11.6 Å². The average molecular weight is 561 g/mol. The molecule has 2 N–H and O–H groups in total. The first-order chi connectivity index (χ1) is 19.2. The number of rotatable bonds is 7. The number of hydrogen-bond acceptors (Lipinski definition) is 7. The number of benzene rings is 3. The Balaban J connectivity index is 1.58. The molecule has 40 heavy (non-hydrogen) atoms. The third kappa shape index (κ3) is 5.60. The van der Waals surface area contributed by atoms with E-state index < -0.39 is 0 Å². The lowest BCUT2D eigenvalue weighted by molar-refractivity contribution is -0.131. The van der Waals surface area contributed by atoms with E-state index in [-0.39, 0.29) is 17.6 Å². The highest BCUT2D eigenvalue weighted by Crippen LogP contribution is 2.40. The van der Waals surface area contributed by atoms with Gasteiger partial charge in [-0.1, -0.05) is 42.8 Å². The first kappa shape index (κ1) is 27.5. The molecule has 2 heterocycles. The minimum Gasteiger partial charge on any atom is -0.508 e. The van der Waals surface area contributed by atoms with Crippen LogP contribution in [-0.4, -0.2) is 83.5 Å². The quantitative estimate of drug-likeness (QED) is 0.336. The second kappa shape index (κ2) is 11.6. The van der Waals surface area contributed by atoms with Crippen molar-refractivity contribution in [3.05, 3.63) is 53.6 Å². The van der Waals surface area contributed by atoms with E-state index in [1.807, 2.05) is 48.2 Å². The lowest BCUT2D eigenvalue weighted by atomic mass is 9.96. The number of phenols is 1. The molecule has 10 heteroatoms. The SMILES string of the molecule is CCC(=O)N1CCN(c2nc(NCCC(=O)N(C)C)nc3cc(-c4cc(O)cc5ccccc45)c(Cl)cc23)CC1. The highest BCUT2D eigenvalue weighted by atomic mass is 35.5. The Morgan fingerprint density at radius 3 is 2.48 bits per heavy atom. The van der Waals surface area contributed by atoms with Crippen LogP contribution in [-0.2, 0) is 9.59 Å². The van der Waals surface area contributed by atoms with E-state index in [0.29, 0.717) is 62.1 Å². The number of aromatic hydroxyl groups is 1. The smallest absolute Gasteiger partial charge is 0.225 e. The maximum Gasteiger partial charge on any atom is 0.225 e. The molecule has 9 nitrogen and oxygen atoms in total. The Hall–Kier alpha value is -4.11. The predicted molar refractivity (Wildman–Crippen MR) is 160 cm³/mol. The van der Waals surface area contributed by atoms with Crippen LogP contribution in [0.5, 0.6) is 5.75 Å². The number of phenolic OH excluding ortho intramolecular Hbond substituents is 1. The largest absolute Gasteiger partial charge is 0.508 e. The van der Waals surface area contributed by atoms with Crippen molar-refractivity contribution in [3.8, 4) is 16.9 Å². The van der Waals surface area contributed by atoms with Crippen LogP contribution in [0.3, 0.4) is 0 Å². The standard InChI is InChI=1S/C30H33ClN6O3/c1-4-27(39)36-11-13-37(14-12-36)29-24-17-25(31)23(22-16-20(38)15-19-7-5-6-8-21(19)22)18-26(24)33-30(34-29)32-10-9-28(40)35(2)3/h5-8,15-18,38H,4,9-14H2,1-3H3,(H,32,33,34). The van der Waals surface area contributed by atoms with E-state index in [0.717, 1.165) is 33.1 Å². The number of hydrogen-bond donors (Lipinski definition) is 2. The molecule has 5 rings (SSSR count). The Labute approximate surface area is 238 Å². The second-order valence-electron chi connectivity index (χ2n) is 10.1. The van der Waals surface area contributed by atoms with Gasteiger partial charge < -0.3 is 25.1 Å². The fraction of sp³-hybridized carbons (Fsp3) is 0.333. The first-order valence-electron chi connectivity index (χ1n) is 13.4. The van der Waals surface area contributed by atoms with Gasteiger partial charge in [-0.25, -0.2) is 4.98 Å². The van der Waals surface area contributed by atoms with Crippen LogP contribution in [0.25, 0.3) is 32.8 Å². The summed E-state index contributed by atoms with van der Waals surface area (Å²) in [6.45, 7) is 4.75. The normalized spacial score (nSPS) is 13.6. The molecule has 0 aliphatic carbocycles. The minimum atomic E-state index is 0.00931. The molecule has 2 amide bonds. The molecule has 0 unspecified atom stereocenters. The molecule has 3 aromatic carbocycles. The Bertz CT molecular complexity index is 1580. The average Bonchev–Trinajstić information content (AvgIpc) is 2.95. The number of halogens is 1. The Morgan fingerprint density at radius 2 is 1.75 bits per heavy atom. The molecule has 1 saturated heterocycles. The number of carbonyl (C=O) groups is 2. The minimum absolute atomic E-state index is 0.00931. The summed E-state index contributed by atoms with van der Waals surface area (Å²) in [4.78, 5) is 39.6.